The van der Waals surface area contributed by atoms with E-state index in [1.807, 2.05) is 50.2 Å². The van der Waals surface area contributed by atoms with Crippen LogP contribution in [-0.4, -0.2) is 32.2 Å². The molecule has 0 aliphatic carbocycles. The third-order valence-corrected chi connectivity index (χ3v) is 8.48. The number of aryl methyl sites for hydroxylation is 2. The predicted molar refractivity (Wildman–Crippen MR) is 136 cm³/mol. The predicted octanol–water partition coefficient (Wildman–Crippen LogP) is 5.32. The fourth-order valence-corrected chi connectivity index (χ4v) is 5.86. The molecule has 0 aliphatic heterocycles. The number of aromatic nitrogens is 1. The molecule has 1 aromatic heterocycles. The Hall–Kier alpha value is -3.23. The molecule has 0 fully saturated rings. The summed E-state index contributed by atoms with van der Waals surface area (Å²) in [6.45, 7) is 4.40. The second kappa shape index (κ2) is 9.95. The van der Waals surface area contributed by atoms with Crippen molar-refractivity contribution in [1.29, 1.82) is 0 Å². The van der Waals surface area contributed by atoms with E-state index in [9.17, 15) is 13.2 Å². The number of amides is 1. The average Bonchev–Trinajstić information content (AvgIpc) is 3.24. The van der Waals surface area contributed by atoms with Crippen LogP contribution in [0.1, 0.15) is 23.1 Å². The van der Waals surface area contributed by atoms with Crippen molar-refractivity contribution in [3.05, 3.63) is 83.4 Å². The summed E-state index contributed by atoms with van der Waals surface area (Å²) in [6, 6.07) is 19.9. The number of nitrogens with zero attached hydrogens (tertiary/aromatic N) is 2. The fourth-order valence-electron chi connectivity index (χ4n) is 3.57. The van der Waals surface area contributed by atoms with E-state index in [-0.39, 0.29) is 23.0 Å². The highest BCUT2D eigenvalue weighted by molar-refractivity contribution is 7.91. The van der Waals surface area contributed by atoms with E-state index in [1.54, 1.807) is 17.0 Å². The van der Waals surface area contributed by atoms with Crippen LogP contribution in [0.15, 0.2) is 71.6 Å². The Kier molecular flexibility index (Phi) is 7.00. The van der Waals surface area contributed by atoms with Crippen LogP contribution in [0.5, 0.6) is 5.75 Å². The number of carbonyl (C=O) groups is 1. The van der Waals surface area contributed by atoms with Crippen LogP contribution in [-0.2, 0) is 21.2 Å². The van der Waals surface area contributed by atoms with Gasteiger partial charge in [0.25, 0.3) is 0 Å². The molecular weight excluding hydrogens is 468 g/mol. The van der Waals surface area contributed by atoms with E-state index in [0.29, 0.717) is 17.4 Å². The number of ether oxygens (including phenoxy) is 1. The zero-order chi connectivity index (χ0) is 24.3. The Balaban J connectivity index is 1.60. The van der Waals surface area contributed by atoms with Crippen molar-refractivity contribution < 1.29 is 17.9 Å². The van der Waals surface area contributed by atoms with Gasteiger partial charge in [-0.1, -0.05) is 41.7 Å². The first-order valence-electron chi connectivity index (χ1n) is 10.9. The van der Waals surface area contributed by atoms with E-state index >= 15 is 0 Å². The SMILES string of the molecule is COc1ccc(S(=O)(=O)CCC(=O)N(Cc2ccccc2)c2nc3cc(C)c(C)cc3s2)cc1. The van der Waals surface area contributed by atoms with Gasteiger partial charge in [0.15, 0.2) is 15.0 Å². The highest BCUT2D eigenvalue weighted by Crippen LogP contribution is 2.32. The Morgan fingerprint density at radius 2 is 1.68 bits per heavy atom. The summed E-state index contributed by atoms with van der Waals surface area (Å²) in [7, 11) is -2.10. The lowest BCUT2D eigenvalue weighted by Gasteiger charge is -2.20. The standard InChI is InChI=1S/C26H26N2O4S2/c1-18-15-23-24(16-19(18)2)33-26(27-23)28(17-20-7-5-4-6-8-20)25(29)13-14-34(30,31)22-11-9-21(32-3)10-12-22/h4-12,15-16H,13-14,17H2,1-3H3. The molecule has 0 atom stereocenters. The average molecular weight is 495 g/mol. The molecular formula is C26H26N2O4S2. The van der Waals surface area contributed by atoms with Gasteiger partial charge in [0.2, 0.25) is 5.91 Å². The molecule has 0 saturated carbocycles. The third-order valence-electron chi connectivity index (χ3n) is 5.71. The van der Waals surface area contributed by atoms with E-state index in [2.05, 4.69) is 6.07 Å². The molecule has 6 nitrogen and oxygen atoms in total. The highest BCUT2D eigenvalue weighted by atomic mass is 32.2. The third kappa shape index (κ3) is 5.29. The van der Waals surface area contributed by atoms with Crippen LogP contribution in [0.2, 0.25) is 0 Å². The molecule has 0 radical (unpaired) electrons. The van der Waals surface area contributed by atoms with Gasteiger partial charge >= 0.3 is 0 Å². The lowest BCUT2D eigenvalue weighted by atomic mass is 10.1. The number of thiazole rings is 1. The number of hydrogen-bond acceptors (Lipinski definition) is 6. The van der Waals surface area contributed by atoms with Crippen molar-refractivity contribution >= 4 is 42.4 Å². The van der Waals surface area contributed by atoms with Crippen LogP contribution in [0.25, 0.3) is 10.2 Å². The monoisotopic (exact) mass is 494 g/mol. The summed E-state index contributed by atoms with van der Waals surface area (Å²) in [5.74, 6) is 0.00541. The first-order chi connectivity index (χ1) is 16.3. The van der Waals surface area contributed by atoms with E-state index in [0.717, 1.165) is 26.9 Å². The van der Waals surface area contributed by atoms with E-state index in [1.165, 1.54) is 30.6 Å². The van der Waals surface area contributed by atoms with Gasteiger partial charge in [-0.2, -0.15) is 0 Å². The number of fused-ring (bicyclic) bond motifs is 1. The smallest absolute Gasteiger partial charge is 0.230 e. The summed E-state index contributed by atoms with van der Waals surface area (Å²) in [5.41, 5.74) is 4.07. The van der Waals surface area contributed by atoms with Crippen molar-refractivity contribution in [2.45, 2.75) is 31.7 Å². The Morgan fingerprint density at radius 3 is 2.35 bits per heavy atom. The van der Waals surface area contributed by atoms with Gasteiger partial charge in [-0.05, 0) is 66.9 Å². The number of hydrogen-bond donors (Lipinski definition) is 0. The summed E-state index contributed by atoms with van der Waals surface area (Å²) < 4.78 is 31.8. The maximum Gasteiger partial charge on any atom is 0.230 e. The molecule has 0 saturated heterocycles. The molecule has 34 heavy (non-hydrogen) atoms. The molecule has 4 rings (SSSR count). The van der Waals surface area contributed by atoms with E-state index in [4.69, 9.17) is 9.72 Å². The summed E-state index contributed by atoms with van der Waals surface area (Å²) in [4.78, 5) is 19.8. The van der Waals surface area contributed by atoms with Crippen LogP contribution in [0.4, 0.5) is 5.13 Å². The number of carbonyl (C=O) groups excluding carboxylic acids is 1. The second-order valence-corrected chi connectivity index (χ2v) is 11.2. The van der Waals surface area contributed by atoms with Gasteiger partial charge < -0.3 is 4.74 Å². The molecule has 0 bridgehead atoms. The summed E-state index contributed by atoms with van der Waals surface area (Å²) in [6.07, 6.45) is -0.144. The van der Waals surface area contributed by atoms with Gasteiger partial charge in [0.1, 0.15) is 5.75 Å². The normalized spacial score (nSPS) is 11.5. The molecule has 1 amide bonds. The van der Waals surface area contributed by atoms with Crippen LogP contribution in [0, 0.1) is 13.8 Å². The Labute approximate surface area is 203 Å². The van der Waals surface area contributed by atoms with Gasteiger partial charge in [0.05, 0.1) is 34.5 Å². The quantitative estimate of drug-likeness (QED) is 0.331. The van der Waals surface area contributed by atoms with Crippen molar-refractivity contribution in [3.8, 4) is 5.75 Å². The van der Waals surface area contributed by atoms with Gasteiger partial charge in [-0.15, -0.1) is 0 Å². The zero-order valence-electron chi connectivity index (χ0n) is 19.3. The summed E-state index contributed by atoms with van der Waals surface area (Å²) >= 11 is 1.44. The van der Waals surface area contributed by atoms with Crippen molar-refractivity contribution in [3.63, 3.8) is 0 Å². The maximum atomic E-state index is 13.3. The number of rotatable bonds is 8. The van der Waals surface area contributed by atoms with Gasteiger partial charge in [-0.3, -0.25) is 9.69 Å². The molecule has 0 aliphatic rings. The van der Waals surface area contributed by atoms with E-state index < -0.39 is 9.84 Å². The Morgan fingerprint density at radius 1 is 1.00 bits per heavy atom. The molecule has 176 valence electrons. The number of methoxy groups -OCH3 is 1. The lowest BCUT2D eigenvalue weighted by molar-refractivity contribution is -0.118. The zero-order valence-corrected chi connectivity index (χ0v) is 20.9. The molecule has 0 N–H and O–H groups in total. The molecule has 4 aromatic rings. The second-order valence-electron chi connectivity index (χ2n) is 8.11. The number of benzene rings is 3. The maximum absolute atomic E-state index is 13.3. The molecule has 3 aromatic carbocycles. The Bertz CT molecular complexity index is 1370. The first kappa shape index (κ1) is 23.9. The number of sulfone groups is 1. The number of anilines is 1. The summed E-state index contributed by atoms with van der Waals surface area (Å²) in [5, 5.41) is 0.565. The van der Waals surface area contributed by atoms with Gasteiger partial charge in [-0.25, -0.2) is 13.4 Å². The lowest BCUT2D eigenvalue weighted by Crippen LogP contribution is -2.31. The fraction of sp³-hybridized carbons (Fsp3) is 0.231. The van der Waals surface area contributed by atoms with Crippen molar-refractivity contribution in [2.75, 3.05) is 17.8 Å². The molecule has 8 heteroatoms. The van der Waals surface area contributed by atoms with Crippen LogP contribution >= 0.6 is 11.3 Å². The topological polar surface area (TPSA) is 76.6 Å². The molecule has 0 unspecified atom stereocenters. The molecule has 0 spiro atoms. The van der Waals surface area contributed by atoms with Crippen molar-refractivity contribution in [1.82, 2.24) is 4.98 Å². The minimum atomic E-state index is -3.62. The molecule has 1 heterocycles. The minimum Gasteiger partial charge on any atom is -0.497 e. The first-order valence-corrected chi connectivity index (χ1v) is 13.3. The highest BCUT2D eigenvalue weighted by Gasteiger charge is 2.24. The largest absolute Gasteiger partial charge is 0.497 e. The van der Waals surface area contributed by atoms with Gasteiger partial charge in [0, 0.05) is 6.42 Å². The van der Waals surface area contributed by atoms with Crippen LogP contribution in [0.3, 0.4) is 0 Å². The minimum absolute atomic E-state index is 0.144. The van der Waals surface area contributed by atoms with Crippen LogP contribution < -0.4 is 9.64 Å². The van der Waals surface area contributed by atoms with Crippen molar-refractivity contribution in [2.24, 2.45) is 0 Å².